The molecular weight excluding hydrogens is 232 g/mol. The van der Waals surface area contributed by atoms with E-state index in [4.69, 9.17) is 0 Å². The molecule has 2 heteroatoms. The molecule has 1 fully saturated rings. The first kappa shape index (κ1) is 12.7. The van der Waals surface area contributed by atoms with E-state index in [1.54, 1.807) is 0 Å². The van der Waals surface area contributed by atoms with Crippen molar-refractivity contribution < 1.29 is 0 Å². The van der Waals surface area contributed by atoms with Gasteiger partial charge in [0.1, 0.15) is 0 Å². The highest BCUT2D eigenvalue weighted by Gasteiger charge is 2.13. The number of rotatable bonds is 4. The molecule has 1 N–H and O–H groups in total. The molecule has 19 heavy (non-hydrogen) atoms. The summed E-state index contributed by atoms with van der Waals surface area (Å²) in [7, 11) is 2.13. The maximum Gasteiger partial charge on any atom is 0.0481 e. The molecule has 1 aromatic heterocycles. The van der Waals surface area contributed by atoms with Crippen molar-refractivity contribution in [3.05, 3.63) is 36.0 Å². The number of benzene rings is 1. The van der Waals surface area contributed by atoms with Gasteiger partial charge in [-0.3, -0.25) is 0 Å². The number of nitrogens with zero attached hydrogens (tertiary/aromatic N) is 1. The van der Waals surface area contributed by atoms with Crippen LogP contribution in [0, 0.1) is 5.92 Å². The van der Waals surface area contributed by atoms with E-state index >= 15 is 0 Å². The van der Waals surface area contributed by atoms with Gasteiger partial charge in [-0.15, -0.1) is 0 Å². The third-order valence-corrected chi connectivity index (χ3v) is 4.45. The Balaban J connectivity index is 1.62. The highest BCUT2D eigenvalue weighted by Crippen LogP contribution is 2.23. The summed E-state index contributed by atoms with van der Waals surface area (Å²) in [6.07, 6.45) is 9.41. The zero-order valence-corrected chi connectivity index (χ0v) is 11.9. The number of hydrogen-bond acceptors (Lipinski definition) is 1. The Kier molecular flexibility index (Phi) is 3.88. The van der Waals surface area contributed by atoms with E-state index in [-0.39, 0.29) is 0 Å². The molecule has 2 aromatic rings. The van der Waals surface area contributed by atoms with Crippen LogP contribution in [0.3, 0.4) is 0 Å². The summed E-state index contributed by atoms with van der Waals surface area (Å²) in [5.74, 6) is 0.906. The van der Waals surface area contributed by atoms with Crippen LogP contribution in [0.1, 0.15) is 37.7 Å². The molecule has 0 saturated heterocycles. The minimum Gasteiger partial charge on any atom is -0.350 e. The number of para-hydroxylation sites is 1. The van der Waals surface area contributed by atoms with Gasteiger partial charge in [0, 0.05) is 30.7 Å². The number of aromatic nitrogens is 1. The average molecular weight is 256 g/mol. The van der Waals surface area contributed by atoms with E-state index in [1.807, 2.05) is 0 Å². The van der Waals surface area contributed by atoms with Crippen LogP contribution in [0.2, 0.25) is 0 Å². The fourth-order valence-corrected chi connectivity index (χ4v) is 3.37. The predicted molar refractivity (Wildman–Crippen MR) is 81.2 cm³/mol. The van der Waals surface area contributed by atoms with E-state index in [1.165, 1.54) is 55.1 Å². The third-order valence-electron chi connectivity index (χ3n) is 4.45. The summed E-state index contributed by atoms with van der Waals surface area (Å²) < 4.78 is 2.23. The molecule has 1 aliphatic carbocycles. The molecule has 0 aliphatic heterocycles. The van der Waals surface area contributed by atoms with Crippen molar-refractivity contribution in [1.82, 2.24) is 9.88 Å². The van der Waals surface area contributed by atoms with Crippen LogP contribution in [-0.4, -0.2) is 11.1 Å². The molecule has 1 saturated carbocycles. The summed E-state index contributed by atoms with van der Waals surface area (Å²) in [6.45, 7) is 2.18. The molecule has 1 heterocycles. The van der Waals surface area contributed by atoms with Crippen molar-refractivity contribution in [3.8, 4) is 0 Å². The Morgan fingerprint density at radius 1 is 1.16 bits per heavy atom. The van der Waals surface area contributed by atoms with Gasteiger partial charge >= 0.3 is 0 Å². The molecule has 2 nitrogen and oxygen atoms in total. The molecule has 102 valence electrons. The van der Waals surface area contributed by atoms with Gasteiger partial charge in [0.25, 0.3) is 0 Å². The van der Waals surface area contributed by atoms with E-state index in [9.17, 15) is 0 Å². The zero-order valence-electron chi connectivity index (χ0n) is 11.9. The van der Waals surface area contributed by atoms with Crippen LogP contribution in [0.5, 0.6) is 0 Å². The summed E-state index contributed by atoms with van der Waals surface area (Å²) in [5, 5.41) is 5.05. The molecule has 0 radical (unpaired) electrons. The molecule has 0 atom stereocenters. The number of nitrogens with one attached hydrogen (secondary N) is 1. The second-order valence-electron chi connectivity index (χ2n) is 5.92. The molecule has 0 bridgehead atoms. The maximum atomic E-state index is 3.66. The normalized spacial score (nSPS) is 17.1. The molecule has 0 spiro atoms. The predicted octanol–water partition coefficient (Wildman–Crippen LogP) is 3.85. The van der Waals surface area contributed by atoms with Gasteiger partial charge in [-0.2, -0.15) is 0 Å². The zero-order chi connectivity index (χ0) is 13.1. The monoisotopic (exact) mass is 256 g/mol. The maximum absolute atomic E-state index is 3.66. The lowest BCUT2D eigenvalue weighted by molar-refractivity contribution is 0.342. The second-order valence-corrected chi connectivity index (χ2v) is 5.92. The van der Waals surface area contributed by atoms with Crippen molar-refractivity contribution in [2.45, 2.75) is 38.6 Å². The summed E-state index contributed by atoms with van der Waals surface area (Å²) >= 11 is 0. The minimum atomic E-state index is 0.906. The Bertz CT molecular complexity index is 535. The highest BCUT2D eigenvalue weighted by atomic mass is 14.9. The molecule has 3 rings (SSSR count). The van der Waals surface area contributed by atoms with Crippen LogP contribution in [0.4, 0.5) is 0 Å². The first-order chi connectivity index (χ1) is 9.34. The van der Waals surface area contributed by atoms with E-state index < -0.39 is 0 Å². The molecule has 0 unspecified atom stereocenters. The van der Waals surface area contributed by atoms with Gasteiger partial charge in [0.05, 0.1) is 0 Å². The van der Waals surface area contributed by atoms with E-state index in [2.05, 4.69) is 47.4 Å². The quantitative estimate of drug-likeness (QED) is 0.879. The fourth-order valence-electron chi connectivity index (χ4n) is 3.37. The Labute approximate surface area is 115 Å². The molecule has 1 aliphatic rings. The summed E-state index contributed by atoms with van der Waals surface area (Å²) in [6, 6.07) is 8.67. The fraction of sp³-hybridized carbons (Fsp3) is 0.529. The van der Waals surface area contributed by atoms with Crippen molar-refractivity contribution in [1.29, 1.82) is 0 Å². The standard InChI is InChI=1S/C17H24N2/c1-19-13-15(16-9-5-6-10-17(16)19)12-18-11-14-7-3-2-4-8-14/h5-6,9-10,13-14,18H,2-4,7-8,11-12H2,1H3. The van der Waals surface area contributed by atoms with Crippen molar-refractivity contribution in [2.75, 3.05) is 6.54 Å². The second kappa shape index (κ2) is 5.79. The van der Waals surface area contributed by atoms with Gasteiger partial charge in [0.2, 0.25) is 0 Å². The summed E-state index contributed by atoms with van der Waals surface area (Å²) in [5.41, 5.74) is 2.76. The van der Waals surface area contributed by atoms with Crippen LogP contribution < -0.4 is 5.32 Å². The van der Waals surface area contributed by atoms with Gasteiger partial charge < -0.3 is 9.88 Å². The molecular formula is C17H24N2. The molecule has 1 aromatic carbocycles. The summed E-state index contributed by atoms with van der Waals surface area (Å²) in [4.78, 5) is 0. The molecule has 0 amide bonds. The Morgan fingerprint density at radius 3 is 2.79 bits per heavy atom. The van der Waals surface area contributed by atoms with E-state index in [0.717, 1.165) is 12.5 Å². The lowest BCUT2D eigenvalue weighted by Crippen LogP contribution is -2.24. The lowest BCUT2D eigenvalue weighted by atomic mass is 9.89. The van der Waals surface area contributed by atoms with Gasteiger partial charge in [-0.25, -0.2) is 0 Å². The van der Waals surface area contributed by atoms with Gasteiger partial charge in [-0.05, 0) is 36.9 Å². The van der Waals surface area contributed by atoms with Crippen LogP contribution >= 0.6 is 0 Å². The SMILES string of the molecule is Cn1cc(CNCC2CCCCC2)c2ccccc21. The number of fused-ring (bicyclic) bond motifs is 1. The van der Waals surface area contributed by atoms with Crippen molar-refractivity contribution in [2.24, 2.45) is 13.0 Å². The van der Waals surface area contributed by atoms with Crippen LogP contribution in [0.15, 0.2) is 30.5 Å². The number of hydrogen-bond donors (Lipinski definition) is 1. The van der Waals surface area contributed by atoms with Crippen molar-refractivity contribution in [3.63, 3.8) is 0 Å². The Morgan fingerprint density at radius 2 is 1.95 bits per heavy atom. The van der Waals surface area contributed by atoms with Crippen LogP contribution in [0.25, 0.3) is 10.9 Å². The first-order valence-corrected chi connectivity index (χ1v) is 7.58. The average Bonchev–Trinajstić information content (AvgIpc) is 2.78. The van der Waals surface area contributed by atoms with Crippen LogP contribution in [-0.2, 0) is 13.6 Å². The smallest absolute Gasteiger partial charge is 0.0481 e. The first-order valence-electron chi connectivity index (χ1n) is 7.58. The van der Waals surface area contributed by atoms with E-state index in [0.29, 0.717) is 0 Å². The highest BCUT2D eigenvalue weighted by molar-refractivity contribution is 5.83. The largest absolute Gasteiger partial charge is 0.350 e. The minimum absolute atomic E-state index is 0.906. The van der Waals surface area contributed by atoms with Gasteiger partial charge in [0.15, 0.2) is 0 Å². The van der Waals surface area contributed by atoms with Gasteiger partial charge in [-0.1, -0.05) is 37.5 Å². The third kappa shape index (κ3) is 2.84. The lowest BCUT2D eigenvalue weighted by Gasteiger charge is -2.21. The number of aryl methyl sites for hydroxylation is 1. The topological polar surface area (TPSA) is 17.0 Å². The Hall–Kier alpha value is -1.28. The van der Waals surface area contributed by atoms with Crippen molar-refractivity contribution >= 4 is 10.9 Å².